The van der Waals surface area contributed by atoms with E-state index in [0.29, 0.717) is 35.6 Å². The molecule has 38 heavy (non-hydrogen) atoms. The number of Topliss-reactive ketones (excluding diaryl/α,β-unsaturated/α-hetero) is 2. The maximum absolute atomic E-state index is 14.5. The molecule has 5 N–H and O–H groups in total. The highest BCUT2D eigenvalue weighted by atomic mass is 32.2. The number of fused-ring (bicyclic) bond motifs is 1. The number of ketones is 2. The molecule has 0 saturated carbocycles. The molecule has 0 fully saturated rings. The fraction of sp³-hybridized carbons (Fsp3) is 0.0800. The lowest BCUT2D eigenvalue weighted by molar-refractivity contribution is 0.0959. The Labute approximate surface area is 214 Å². The van der Waals surface area contributed by atoms with Crippen LogP contribution in [0.5, 0.6) is 0 Å². The lowest BCUT2D eigenvalue weighted by Gasteiger charge is -2.14. The molecule has 0 amide bonds. The molecule has 1 atom stereocenters. The van der Waals surface area contributed by atoms with E-state index in [4.69, 9.17) is 5.41 Å². The monoisotopic (exact) mass is 544 g/mol. The van der Waals surface area contributed by atoms with Gasteiger partial charge >= 0.3 is 0 Å². The average Bonchev–Trinajstić information content (AvgIpc) is 3.28. The summed E-state index contributed by atoms with van der Waals surface area (Å²) in [6.07, 6.45) is -1.52. The fourth-order valence-electron chi connectivity index (χ4n) is 3.54. The molecule has 4 rings (SSSR count). The van der Waals surface area contributed by atoms with Gasteiger partial charge in [-0.1, -0.05) is 12.1 Å². The Kier molecular flexibility index (Phi) is 7.07. The first-order valence-corrected chi connectivity index (χ1v) is 12.4. The van der Waals surface area contributed by atoms with Crippen molar-refractivity contribution >= 4 is 38.8 Å². The van der Waals surface area contributed by atoms with E-state index in [-0.39, 0.29) is 5.82 Å². The molecule has 1 aliphatic heterocycles. The molecule has 3 aromatic carbocycles. The van der Waals surface area contributed by atoms with Crippen molar-refractivity contribution in [3.63, 3.8) is 0 Å². The van der Waals surface area contributed by atoms with Gasteiger partial charge in [-0.25, -0.2) is 21.6 Å². The minimum Gasteiger partial charge on any atom is -0.385 e. The second kappa shape index (κ2) is 10.1. The Hall–Kier alpha value is -4.49. The number of hydrogen-bond acceptors (Lipinski definition) is 8. The number of sulfonamides is 1. The summed E-state index contributed by atoms with van der Waals surface area (Å²) in [7, 11) is -4.77. The van der Waals surface area contributed by atoms with Gasteiger partial charge in [0.05, 0.1) is 16.9 Å². The highest BCUT2D eigenvalue weighted by Crippen LogP contribution is 2.33. The van der Waals surface area contributed by atoms with E-state index in [9.17, 15) is 36.3 Å². The molecule has 1 unspecified atom stereocenters. The van der Waals surface area contributed by atoms with Crippen molar-refractivity contribution in [1.29, 1.82) is 5.41 Å². The Morgan fingerprint density at radius 2 is 1.53 bits per heavy atom. The van der Waals surface area contributed by atoms with Crippen molar-refractivity contribution in [3.05, 3.63) is 101 Å². The van der Waals surface area contributed by atoms with Gasteiger partial charge in [0.2, 0.25) is 11.6 Å². The summed E-state index contributed by atoms with van der Waals surface area (Å²) in [5.74, 6) is -6.73. The number of para-hydroxylation sites is 2. The summed E-state index contributed by atoms with van der Waals surface area (Å²) < 4.78 is 69.9. The first-order valence-electron chi connectivity index (χ1n) is 10.9. The number of aliphatic hydroxyl groups excluding tert-OH is 1. The summed E-state index contributed by atoms with van der Waals surface area (Å²) in [6, 6.07) is 10.9. The molecule has 0 saturated heterocycles. The topological polar surface area (TPSA) is 148 Å². The smallest absolute Gasteiger partial charge is 0.265 e. The lowest BCUT2D eigenvalue weighted by Crippen LogP contribution is -2.37. The van der Waals surface area contributed by atoms with Crippen LogP contribution in [0, 0.1) is 22.9 Å². The van der Waals surface area contributed by atoms with Gasteiger partial charge in [0.25, 0.3) is 10.0 Å². The summed E-state index contributed by atoms with van der Waals surface area (Å²) in [5, 5.41) is 22.6. The van der Waals surface area contributed by atoms with Gasteiger partial charge in [0.1, 0.15) is 45.7 Å². The highest BCUT2D eigenvalue weighted by molar-refractivity contribution is 7.90. The van der Waals surface area contributed by atoms with Gasteiger partial charge < -0.3 is 15.7 Å². The number of amidine groups is 1. The van der Waals surface area contributed by atoms with Crippen LogP contribution in [0.2, 0.25) is 0 Å². The number of aliphatic hydroxyl groups is 1. The van der Waals surface area contributed by atoms with Gasteiger partial charge in [-0.05, 0) is 55.5 Å². The van der Waals surface area contributed by atoms with Crippen molar-refractivity contribution in [2.24, 2.45) is 0 Å². The van der Waals surface area contributed by atoms with Crippen molar-refractivity contribution in [2.45, 2.75) is 17.9 Å². The zero-order valence-corrected chi connectivity index (χ0v) is 20.3. The van der Waals surface area contributed by atoms with Crippen LogP contribution >= 0.6 is 0 Å². The van der Waals surface area contributed by atoms with E-state index in [1.807, 2.05) is 0 Å². The molecular weight excluding hydrogens is 525 g/mol. The third-order valence-corrected chi connectivity index (χ3v) is 6.85. The van der Waals surface area contributed by atoms with Crippen LogP contribution in [-0.2, 0) is 10.0 Å². The Balaban J connectivity index is 1.84. The van der Waals surface area contributed by atoms with Crippen LogP contribution in [0.15, 0.2) is 77.0 Å². The van der Waals surface area contributed by atoms with Gasteiger partial charge in [0.15, 0.2) is 0 Å². The van der Waals surface area contributed by atoms with Gasteiger partial charge in [-0.2, -0.15) is 0 Å². The molecule has 13 heteroatoms. The van der Waals surface area contributed by atoms with Gasteiger partial charge in [0, 0.05) is 5.56 Å². The first-order chi connectivity index (χ1) is 17.9. The SMILES string of the molecule is CC(O)C(=N)NS(=O)(=O)c1cc(C(=O)C(C(=O)c2cc(F)ccc2F)=C2Nc3ccccc3N2)ccc1F. The Morgan fingerprint density at radius 3 is 2.13 bits per heavy atom. The van der Waals surface area contributed by atoms with E-state index in [1.54, 1.807) is 29.0 Å². The van der Waals surface area contributed by atoms with Crippen LogP contribution in [0.4, 0.5) is 24.5 Å². The minimum atomic E-state index is -4.77. The van der Waals surface area contributed by atoms with Crippen molar-refractivity contribution in [3.8, 4) is 0 Å². The lowest BCUT2D eigenvalue weighted by atomic mass is 9.95. The summed E-state index contributed by atoms with van der Waals surface area (Å²) >= 11 is 0. The third-order valence-electron chi connectivity index (χ3n) is 5.47. The van der Waals surface area contributed by atoms with E-state index in [0.717, 1.165) is 19.1 Å². The number of allylic oxidation sites excluding steroid dienone is 1. The van der Waals surface area contributed by atoms with Gasteiger partial charge in [-0.15, -0.1) is 0 Å². The largest absolute Gasteiger partial charge is 0.385 e. The zero-order valence-electron chi connectivity index (χ0n) is 19.5. The molecule has 1 heterocycles. The van der Waals surface area contributed by atoms with Crippen LogP contribution in [0.3, 0.4) is 0 Å². The normalized spacial score (nSPS) is 13.1. The van der Waals surface area contributed by atoms with E-state index in [1.165, 1.54) is 0 Å². The maximum atomic E-state index is 14.5. The van der Waals surface area contributed by atoms with E-state index in [2.05, 4.69) is 10.6 Å². The average molecular weight is 545 g/mol. The molecule has 1 aliphatic rings. The quantitative estimate of drug-likeness (QED) is 0.0763. The number of rotatable bonds is 7. The second-order valence-corrected chi connectivity index (χ2v) is 9.82. The summed E-state index contributed by atoms with van der Waals surface area (Å²) in [6.45, 7) is 1.11. The molecular formula is C25H19F3N4O5S. The van der Waals surface area contributed by atoms with Crippen molar-refractivity contribution in [1.82, 2.24) is 4.72 Å². The van der Waals surface area contributed by atoms with Crippen LogP contribution < -0.4 is 15.4 Å². The van der Waals surface area contributed by atoms with Crippen LogP contribution in [0.25, 0.3) is 0 Å². The molecule has 0 radical (unpaired) electrons. The fourth-order valence-corrected chi connectivity index (χ4v) is 4.72. The van der Waals surface area contributed by atoms with Crippen molar-refractivity contribution in [2.75, 3.05) is 10.6 Å². The number of anilines is 2. The van der Waals surface area contributed by atoms with Crippen LogP contribution in [0.1, 0.15) is 27.6 Å². The minimum absolute atomic E-state index is 0.187. The number of benzene rings is 3. The van der Waals surface area contributed by atoms with Crippen molar-refractivity contribution < 1.29 is 36.3 Å². The highest BCUT2D eigenvalue weighted by Gasteiger charge is 2.32. The zero-order chi connectivity index (χ0) is 27.8. The standard InChI is InChI=1S/C25H19F3N4O5S/c1-12(33)24(29)32-38(36,37)20-10-13(6-8-17(20)28)22(34)21(23(35)15-11-14(26)7-9-16(15)27)25-30-18-4-2-3-5-19(18)31-25/h2-12,30-31,33H,1H3,(H2,29,32). The molecule has 9 nitrogen and oxygen atoms in total. The third kappa shape index (κ3) is 5.14. The molecule has 3 aromatic rings. The molecule has 0 aromatic heterocycles. The first kappa shape index (κ1) is 26.6. The number of nitrogens with one attached hydrogen (secondary N) is 4. The predicted molar refractivity (Wildman–Crippen MR) is 132 cm³/mol. The maximum Gasteiger partial charge on any atom is 0.265 e. The Bertz CT molecular complexity index is 1610. The number of halogens is 3. The van der Waals surface area contributed by atoms with Gasteiger partial charge in [-0.3, -0.25) is 19.7 Å². The summed E-state index contributed by atoms with van der Waals surface area (Å²) in [5.41, 5.74) is -1.03. The Morgan fingerprint density at radius 1 is 0.921 bits per heavy atom. The molecule has 0 bridgehead atoms. The predicted octanol–water partition coefficient (Wildman–Crippen LogP) is 3.56. The molecule has 0 aliphatic carbocycles. The molecule has 196 valence electrons. The van der Waals surface area contributed by atoms with E-state index < -0.39 is 72.6 Å². The molecule has 0 spiro atoms. The second-order valence-electron chi connectivity index (χ2n) is 8.17. The number of carbonyl (C=O) groups is 2. The summed E-state index contributed by atoms with van der Waals surface area (Å²) in [4.78, 5) is 26.0. The number of carbonyl (C=O) groups excluding carboxylic acids is 2. The number of hydrogen-bond donors (Lipinski definition) is 5. The van der Waals surface area contributed by atoms with Crippen LogP contribution in [-0.4, -0.2) is 37.0 Å². The van der Waals surface area contributed by atoms with E-state index >= 15 is 0 Å².